The zero-order chi connectivity index (χ0) is 37.5. The van der Waals surface area contributed by atoms with Gasteiger partial charge in [-0.25, -0.2) is 0 Å². The number of hydrogen-bond acceptors (Lipinski definition) is 5. The molecule has 5 N–H and O–H groups in total. The quantitative estimate of drug-likeness (QED) is 0.0402. The van der Waals surface area contributed by atoms with Crippen LogP contribution in [-0.4, -0.2) is 57.3 Å². The lowest BCUT2D eigenvalue weighted by Crippen LogP contribution is -2.53. The number of nitrogens with one attached hydrogen (secondary N) is 1. The van der Waals surface area contributed by atoms with Gasteiger partial charge in [-0.1, -0.05) is 239 Å². The summed E-state index contributed by atoms with van der Waals surface area (Å²) in [6.45, 7) is 4.02. The molecule has 306 valence electrons. The number of carbonyl (C=O) groups is 1. The number of carbonyl (C=O) groups excluding carboxylic acids is 1. The number of rotatable bonds is 42. The van der Waals surface area contributed by atoms with Gasteiger partial charge in [0.05, 0.1) is 18.8 Å². The molecule has 0 aromatic carbocycles. The zero-order valence-corrected chi connectivity index (χ0v) is 34.4. The van der Waals surface area contributed by atoms with Gasteiger partial charge in [0.25, 0.3) is 0 Å². The van der Waals surface area contributed by atoms with E-state index in [4.69, 9.17) is 0 Å². The summed E-state index contributed by atoms with van der Waals surface area (Å²) in [5, 5.41) is 43.5. The van der Waals surface area contributed by atoms with E-state index >= 15 is 0 Å². The topological polar surface area (TPSA) is 110 Å². The Bertz CT molecular complexity index is 692. The highest BCUT2D eigenvalue weighted by Gasteiger charge is 2.28. The molecule has 1 amide bonds. The van der Waals surface area contributed by atoms with Crippen LogP contribution in [0.3, 0.4) is 0 Å². The number of hydrogen-bond donors (Lipinski definition) is 5. The van der Waals surface area contributed by atoms with E-state index < -0.39 is 36.9 Å². The van der Waals surface area contributed by atoms with Gasteiger partial charge in [0.1, 0.15) is 12.2 Å². The molecule has 0 aromatic heterocycles. The molecule has 0 aromatic rings. The lowest BCUT2D eigenvalue weighted by Gasteiger charge is -2.27. The fourth-order valence-corrected chi connectivity index (χ4v) is 7.41. The van der Waals surface area contributed by atoms with Gasteiger partial charge < -0.3 is 25.7 Å². The zero-order valence-electron chi connectivity index (χ0n) is 34.4. The van der Waals surface area contributed by atoms with Crippen molar-refractivity contribution < 1.29 is 25.2 Å². The van der Waals surface area contributed by atoms with Crippen molar-refractivity contribution in [1.82, 2.24) is 5.32 Å². The smallest absolute Gasteiger partial charge is 0.249 e. The van der Waals surface area contributed by atoms with E-state index in [0.717, 1.165) is 38.5 Å². The van der Waals surface area contributed by atoms with Crippen LogP contribution in [0.15, 0.2) is 0 Å². The first kappa shape index (κ1) is 50.3. The van der Waals surface area contributed by atoms with Crippen LogP contribution in [0.2, 0.25) is 0 Å². The lowest BCUT2D eigenvalue weighted by atomic mass is 9.99. The second-order valence-corrected chi connectivity index (χ2v) is 16.1. The van der Waals surface area contributed by atoms with Crippen LogP contribution in [0.5, 0.6) is 0 Å². The fourth-order valence-electron chi connectivity index (χ4n) is 7.41. The van der Waals surface area contributed by atoms with Crippen molar-refractivity contribution >= 4 is 5.91 Å². The van der Waals surface area contributed by atoms with E-state index in [1.165, 1.54) is 186 Å². The summed E-state index contributed by atoms with van der Waals surface area (Å²) in [5.41, 5.74) is 0. The normalized spacial score (nSPS) is 14.1. The standard InChI is InChI=1S/C45H91NO5/c1-3-5-7-9-11-13-14-15-16-17-18-19-20-21-22-23-24-25-26-27-28-29-30-31-33-34-36-38-42(48)44(50)41(40-47)46-45(51)43(49)39-37-35-32-12-10-8-6-4-2/h41-44,47-50H,3-40H2,1-2H3,(H,46,51). The first-order valence-corrected chi connectivity index (χ1v) is 22.9. The summed E-state index contributed by atoms with van der Waals surface area (Å²) in [7, 11) is 0. The van der Waals surface area contributed by atoms with Crippen molar-refractivity contribution in [2.45, 2.75) is 276 Å². The second kappa shape index (κ2) is 40.5. The predicted molar refractivity (Wildman–Crippen MR) is 219 cm³/mol. The molecule has 0 saturated heterocycles. The Morgan fingerprint density at radius 3 is 0.941 bits per heavy atom. The van der Waals surface area contributed by atoms with Crippen LogP contribution in [-0.2, 0) is 4.79 Å². The number of amides is 1. The molecular formula is C45H91NO5. The van der Waals surface area contributed by atoms with Gasteiger partial charge in [-0.05, 0) is 12.8 Å². The molecule has 0 spiro atoms. The van der Waals surface area contributed by atoms with Crippen LogP contribution in [0.4, 0.5) is 0 Å². The molecule has 51 heavy (non-hydrogen) atoms. The Kier molecular flexibility index (Phi) is 39.9. The first-order chi connectivity index (χ1) is 25.0. The van der Waals surface area contributed by atoms with Crippen molar-refractivity contribution in [1.29, 1.82) is 0 Å². The van der Waals surface area contributed by atoms with E-state index in [-0.39, 0.29) is 0 Å². The average Bonchev–Trinajstić information content (AvgIpc) is 3.13. The molecule has 0 aliphatic rings. The third-order valence-corrected chi connectivity index (χ3v) is 11.1. The Hall–Kier alpha value is -0.690. The summed E-state index contributed by atoms with van der Waals surface area (Å²) in [6, 6.07) is -0.977. The van der Waals surface area contributed by atoms with E-state index in [0.29, 0.717) is 12.8 Å². The molecule has 6 nitrogen and oxygen atoms in total. The minimum absolute atomic E-state index is 0.372. The molecule has 0 heterocycles. The van der Waals surface area contributed by atoms with Gasteiger partial charge in [-0.3, -0.25) is 4.79 Å². The summed E-state index contributed by atoms with van der Waals surface area (Å²) in [5.74, 6) is -0.585. The van der Waals surface area contributed by atoms with E-state index in [2.05, 4.69) is 19.2 Å². The van der Waals surface area contributed by atoms with Gasteiger partial charge in [-0.2, -0.15) is 0 Å². The Labute approximate surface area is 318 Å². The maximum atomic E-state index is 12.4. The molecular weight excluding hydrogens is 634 g/mol. The summed E-state index contributed by atoms with van der Waals surface area (Å²) < 4.78 is 0. The highest BCUT2D eigenvalue weighted by atomic mass is 16.3. The van der Waals surface area contributed by atoms with Crippen molar-refractivity contribution in [2.24, 2.45) is 0 Å². The van der Waals surface area contributed by atoms with Crippen LogP contribution < -0.4 is 5.32 Å². The number of aliphatic hydroxyl groups is 4. The fraction of sp³-hybridized carbons (Fsp3) is 0.978. The van der Waals surface area contributed by atoms with E-state index in [1.54, 1.807) is 0 Å². The lowest BCUT2D eigenvalue weighted by molar-refractivity contribution is -0.132. The van der Waals surface area contributed by atoms with Crippen molar-refractivity contribution in [3.63, 3.8) is 0 Å². The molecule has 0 fully saturated rings. The van der Waals surface area contributed by atoms with E-state index in [9.17, 15) is 25.2 Å². The summed E-state index contributed by atoms with van der Waals surface area (Å²) >= 11 is 0. The Balaban J connectivity index is 3.54. The summed E-state index contributed by atoms with van der Waals surface area (Å²) in [4.78, 5) is 12.4. The van der Waals surface area contributed by atoms with Gasteiger partial charge in [-0.15, -0.1) is 0 Å². The largest absolute Gasteiger partial charge is 0.394 e. The highest BCUT2D eigenvalue weighted by molar-refractivity contribution is 5.80. The third kappa shape index (κ3) is 34.8. The minimum atomic E-state index is -1.25. The van der Waals surface area contributed by atoms with Gasteiger partial charge in [0.15, 0.2) is 0 Å². The number of aliphatic hydroxyl groups excluding tert-OH is 4. The molecule has 0 aliphatic carbocycles. The summed E-state index contributed by atoms with van der Waals surface area (Å²) in [6.07, 6.45) is 43.1. The molecule has 0 bridgehead atoms. The Morgan fingerprint density at radius 2 is 0.667 bits per heavy atom. The monoisotopic (exact) mass is 726 g/mol. The van der Waals surface area contributed by atoms with Gasteiger partial charge >= 0.3 is 0 Å². The Morgan fingerprint density at radius 1 is 0.412 bits per heavy atom. The molecule has 0 saturated carbocycles. The minimum Gasteiger partial charge on any atom is -0.394 e. The predicted octanol–water partition coefficient (Wildman–Crippen LogP) is 12.0. The SMILES string of the molecule is CCCCCCCCCCCCCCCCCCCCCCCCCCCCCC(O)C(O)C(CO)NC(=O)C(O)CCCCCCCCCC. The van der Waals surface area contributed by atoms with Gasteiger partial charge in [0, 0.05) is 0 Å². The van der Waals surface area contributed by atoms with Crippen LogP contribution >= 0.6 is 0 Å². The highest BCUT2D eigenvalue weighted by Crippen LogP contribution is 2.17. The first-order valence-electron chi connectivity index (χ1n) is 22.9. The average molecular weight is 726 g/mol. The number of unbranched alkanes of at least 4 members (excludes halogenated alkanes) is 33. The van der Waals surface area contributed by atoms with Gasteiger partial charge in [0.2, 0.25) is 5.91 Å². The second-order valence-electron chi connectivity index (χ2n) is 16.1. The van der Waals surface area contributed by atoms with Crippen LogP contribution in [0.25, 0.3) is 0 Å². The van der Waals surface area contributed by atoms with Crippen LogP contribution in [0, 0.1) is 0 Å². The maximum Gasteiger partial charge on any atom is 0.249 e. The van der Waals surface area contributed by atoms with Crippen molar-refractivity contribution in [2.75, 3.05) is 6.61 Å². The molecule has 4 unspecified atom stereocenters. The van der Waals surface area contributed by atoms with E-state index in [1.807, 2.05) is 0 Å². The molecule has 0 aliphatic heterocycles. The molecule has 0 rings (SSSR count). The molecule has 6 heteroatoms. The van der Waals surface area contributed by atoms with Crippen LogP contribution in [0.1, 0.15) is 251 Å². The molecule has 0 radical (unpaired) electrons. The van der Waals surface area contributed by atoms with Crippen molar-refractivity contribution in [3.05, 3.63) is 0 Å². The van der Waals surface area contributed by atoms with Crippen molar-refractivity contribution in [3.8, 4) is 0 Å². The third-order valence-electron chi connectivity index (χ3n) is 11.1. The maximum absolute atomic E-state index is 12.4. The molecule has 4 atom stereocenters.